The number of ether oxygens (including phenoxy) is 1. The first-order valence-corrected chi connectivity index (χ1v) is 13.6. The van der Waals surface area contributed by atoms with Gasteiger partial charge in [0.2, 0.25) is 0 Å². The van der Waals surface area contributed by atoms with E-state index in [4.69, 9.17) is 19.8 Å². The van der Waals surface area contributed by atoms with Gasteiger partial charge in [0.25, 0.3) is 0 Å². The van der Waals surface area contributed by atoms with Crippen molar-refractivity contribution in [1.82, 2.24) is 24.6 Å². The normalized spacial score (nSPS) is 20.6. The van der Waals surface area contributed by atoms with Gasteiger partial charge in [-0.3, -0.25) is 0 Å². The Morgan fingerprint density at radius 1 is 0.865 bits per heavy atom. The maximum absolute atomic E-state index is 5.64. The molecule has 0 saturated carbocycles. The van der Waals surface area contributed by atoms with Gasteiger partial charge in [-0.2, -0.15) is 9.61 Å². The van der Waals surface area contributed by atoms with Crippen molar-refractivity contribution in [2.45, 2.75) is 45.6 Å². The minimum atomic E-state index is 0.151. The van der Waals surface area contributed by atoms with Crippen molar-refractivity contribution >= 4 is 34.0 Å². The van der Waals surface area contributed by atoms with E-state index in [-0.39, 0.29) is 6.04 Å². The molecule has 9 heteroatoms. The van der Waals surface area contributed by atoms with Gasteiger partial charge in [-0.25, -0.2) is 15.0 Å². The molecule has 0 bridgehead atoms. The summed E-state index contributed by atoms with van der Waals surface area (Å²) in [6, 6.07) is 8.91. The molecule has 3 saturated heterocycles. The second kappa shape index (κ2) is 9.13. The van der Waals surface area contributed by atoms with Crippen LogP contribution in [0.2, 0.25) is 0 Å². The summed E-state index contributed by atoms with van der Waals surface area (Å²) in [5.41, 5.74) is 5.43. The number of piperidine rings is 1. The number of fused-ring (bicyclic) bond motifs is 2. The van der Waals surface area contributed by atoms with E-state index in [9.17, 15) is 0 Å². The maximum atomic E-state index is 5.64. The molecular formula is C28H34N8O. The summed E-state index contributed by atoms with van der Waals surface area (Å²) in [5.74, 6) is 3.19. The van der Waals surface area contributed by atoms with E-state index in [0.29, 0.717) is 0 Å². The van der Waals surface area contributed by atoms with Gasteiger partial charge in [-0.1, -0.05) is 12.1 Å². The first-order chi connectivity index (χ1) is 18.2. The molecule has 7 rings (SSSR count). The molecule has 4 aromatic rings. The molecule has 0 radical (unpaired) electrons. The minimum Gasteiger partial charge on any atom is -0.378 e. The van der Waals surface area contributed by atoms with Gasteiger partial charge in [0, 0.05) is 50.2 Å². The van der Waals surface area contributed by atoms with E-state index in [0.717, 1.165) is 98.5 Å². The third kappa shape index (κ3) is 3.87. The number of hydrogen-bond acceptors (Lipinski definition) is 8. The van der Waals surface area contributed by atoms with Crippen LogP contribution in [0.3, 0.4) is 0 Å². The fourth-order valence-electron chi connectivity index (χ4n) is 6.01. The fourth-order valence-corrected chi connectivity index (χ4v) is 6.01. The highest BCUT2D eigenvalue weighted by atomic mass is 16.5. The SMILES string of the molecule is Cc1ccc(C)c2c(N3CCCCC3c3cc4nc(N5CCC5)cc(N5CCOCC5)n4n3)ncnc12. The Morgan fingerprint density at radius 2 is 1.70 bits per heavy atom. The van der Waals surface area contributed by atoms with Crippen LogP contribution in [-0.2, 0) is 4.74 Å². The van der Waals surface area contributed by atoms with Crippen LogP contribution in [0.15, 0.2) is 30.6 Å². The van der Waals surface area contributed by atoms with E-state index < -0.39 is 0 Å². The van der Waals surface area contributed by atoms with Crippen LogP contribution < -0.4 is 14.7 Å². The molecule has 0 aliphatic carbocycles. The zero-order chi connectivity index (χ0) is 24.9. The lowest BCUT2D eigenvalue weighted by Crippen LogP contribution is -2.40. The number of benzene rings is 1. The summed E-state index contributed by atoms with van der Waals surface area (Å²) in [6.45, 7) is 10.6. The summed E-state index contributed by atoms with van der Waals surface area (Å²) in [7, 11) is 0. The van der Waals surface area contributed by atoms with Crippen molar-refractivity contribution < 1.29 is 4.74 Å². The van der Waals surface area contributed by atoms with Gasteiger partial charge in [0.05, 0.1) is 30.5 Å². The number of rotatable bonds is 4. The average Bonchev–Trinajstić information content (AvgIpc) is 3.34. The molecule has 37 heavy (non-hydrogen) atoms. The number of nitrogens with zero attached hydrogens (tertiary/aromatic N) is 8. The van der Waals surface area contributed by atoms with E-state index in [2.05, 4.69) is 62.3 Å². The van der Waals surface area contributed by atoms with E-state index in [1.54, 1.807) is 6.33 Å². The zero-order valence-corrected chi connectivity index (χ0v) is 21.7. The lowest BCUT2D eigenvalue weighted by molar-refractivity contribution is 0.122. The van der Waals surface area contributed by atoms with Crippen molar-refractivity contribution in [2.24, 2.45) is 0 Å². The fraction of sp³-hybridized carbons (Fsp3) is 0.500. The Labute approximate surface area is 217 Å². The van der Waals surface area contributed by atoms with E-state index in [1.165, 1.54) is 24.0 Å². The summed E-state index contributed by atoms with van der Waals surface area (Å²) in [6.07, 6.45) is 6.32. The maximum Gasteiger partial charge on any atom is 0.160 e. The molecule has 0 amide bonds. The van der Waals surface area contributed by atoms with Crippen molar-refractivity contribution in [2.75, 3.05) is 60.6 Å². The number of anilines is 3. The highest BCUT2D eigenvalue weighted by Crippen LogP contribution is 2.39. The molecule has 3 aliphatic rings. The van der Waals surface area contributed by atoms with Crippen molar-refractivity contribution in [3.8, 4) is 0 Å². The minimum absolute atomic E-state index is 0.151. The molecule has 1 atom stereocenters. The van der Waals surface area contributed by atoms with Crippen molar-refractivity contribution in [1.29, 1.82) is 0 Å². The highest BCUT2D eigenvalue weighted by molar-refractivity contribution is 5.94. The predicted molar refractivity (Wildman–Crippen MR) is 146 cm³/mol. The molecule has 1 unspecified atom stereocenters. The number of aryl methyl sites for hydroxylation is 2. The molecule has 0 spiro atoms. The third-order valence-corrected chi connectivity index (χ3v) is 8.22. The number of aromatic nitrogens is 5. The molecule has 192 valence electrons. The second-order valence-electron chi connectivity index (χ2n) is 10.6. The molecular weight excluding hydrogens is 464 g/mol. The summed E-state index contributed by atoms with van der Waals surface area (Å²) in [5, 5.41) is 6.38. The van der Waals surface area contributed by atoms with Crippen LogP contribution in [-0.4, -0.2) is 70.5 Å². The monoisotopic (exact) mass is 498 g/mol. The van der Waals surface area contributed by atoms with Gasteiger partial charge < -0.3 is 19.4 Å². The predicted octanol–water partition coefficient (Wildman–Crippen LogP) is 4.07. The second-order valence-corrected chi connectivity index (χ2v) is 10.6. The molecule has 6 heterocycles. The number of morpholine rings is 1. The van der Waals surface area contributed by atoms with Crippen molar-refractivity contribution in [3.05, 3.63) is 47.4 Å². The largest absolute Gasteiger partial charge is 0.378 e. The summed E-state index contributed by atoms with van der Waals surface area (Å²) < 4.78 is 7.70. The lowest BCUT2D eigenvalue weighted by Gasteiger charge is -2.36. The van der Waals surface area contributed by atoms with Gasteiger partial charge in [0.15, 0.2) is 5.65 Å². The number of hydrogen-bond donors (Lipinski definition) is 0. The first-order valence-electron chi connectivity index (χ1n) is 13.6. The molecule has 3 aliphatic heterocycles. The Hall–Kier alpha value is -3.46. The highest BCUT2D eigenvalue weighted by Gasteiger charge is 2.31. The van der Waals surface area contributed by atoms with Crippen LogP contribution in [0.4, 0.5) is 17.5 Å². The standard InChI is InChI=1S/C28H34N8O/c1-19-7-8-20(2)27-26(19)28(30-18-29-27)35-11-4-3-6-22(35)21-16-24-31-23(33-9-5-10-33)17-25(36(24)32-21)34-12-14-37-15-13-34/h7-8,16-18,22H,3-6,9-15H2,1-2H3. The molecule has 9 nitrogen and oxygen atoms in total. The van der Waals surface area contributed by atoms with Gasteiger partial charge in [0.1, 0.15) is 23.8 Å². The Morgan fingerprint density at radius 3 is 2.51 bits per heavy atom. The van der Waals surface area contributed by atoms with Crippen LogP contribution in [0, 0.1) is 13.8 Å². The molecule has 3 fully saturated rings. The van der Waals surface area contributed by atoms with Gasteiger partial charge in [-0.15, -0.1) is 0 Å². The molecule has 0 N–H and O–H groups in total. The van der Waals surface area contributed by atoms with Crippen LogP contribution in [0.25, 0.3) is 16.6 Å². The lowest BCUT2D eigenvalue weighted by atomic mass is 9.97. The van der Waals surface area contributed by atoms with Crippen LogP contribution in [0.1, 0.15) is 48.5 Å². The molecule has 1 aromatic carbocycles. The summed E-state index contributed by atoms with van der Waals surface area (Å²) >= 11 is 0. The van der Waals surface area contributed by atoms with Crippen molar-refractivity contribution in [3.63, 3.8) is 0 Å². The van der Waals surface area contributed by atoms with Gasteiger partial charge >= 0.3 is 0 Å². The zero-order valence-electron chi connectivity index (χ0n) is 21.7. The van der Waals surface area contributed by atoms with Crippen LogP contribution >= 0.6 is 0 Å². The quantitative estimate of drug-likeness (QED) is 0.417. The third-order valence-electron chi connectivity index (χ3n) is 8.22. The topological polar surface area (TPSA) is 74.9 Å². The van der Waals surface area contributed by atoms with E-state index in [1.807, 2.05) is 0 Å². The van der Waals surface area contributed by atoms with Gasteiger partial charge in [-0.05, 0) is 50.7 Å². The Bertz CT molecular complexity index is 1460. The molecule has 3 aromatic heterocycles. The Balaban J connectivity index is 1.34. The Kier molecular flexibility index (Phi) is 5.61. The first kappa shape index (κ1) is 22.7. The smallest absolute Gasteiger partial charge is 0.160 e. The van der Waals surface area contributed by atoms with E-state index >= 15 is 0 Å². The summed E-state index contributed by atoms with van der Waals surface area (Å²) in [4.78, 5) is 21.8. The average molecular weight is 499 g/mol. The van der Waals surface area contributed by atoms with Crippen LogP contribution in [0.5, 0.6) is 0 Å².